The zero-order chi connectivity index (χ0) is 14.2. The summed E-state index contributed by atoms with van der Waals surface area (Å²) in [6, 6.07) is 0.927. The van der Waals surface area contributed by atoms with E-state index in [4.69, 9.17) is 0 Å². The highest BCUT2D eigenvalue weighted by molar-refractivity contribution is 5.79. The molecule has 1 unspecified atom stereocenters. The Bertz CT molecular complexity index is 299. The van der Waals surface area contributed by atoms with Crippen LogP contribution in [0.4, 0.5) is 0 Å². The van der Waals surface area contributed by atoms with Crippen LogP contribution in [0.25, 0.3) is 0 Å². The highest BCUT2D eigenvalue weighted by Gasteiger charge is 2.34. The molecule has 1 saturated carbocycles. The monoisotopic (exact) mass is 280 g/mol. The number of nitrogens with one attached hydrogen (secondary N) is 2. The van der Waals surface area contributed by atoms with Gasteiger partial charge in [0.15, 0.2) is 5.96 Å². The summed E-state index contributed by atoms with van der Waals surface area (Å²) in [5.41, 5.74) is 0. The largest absolute Gasteiger partial charge is 0.356 e. The molecule has 4 nitrogen and oxygen atoms in total. The lowest BCUT2D eigenvalue weighted by Crippen LogP contribution is -2.40. The third-order valence-corrected chi connectivity index (χ3v) is 4.49. The summed E-state index contributed by atoms with van der Waals surface area (Å²) in [4.78, 5) is 6.99. The molecule has 0 spiro atoms. The van der Waals surface area contributed by atoms with Gasteiger partial charge in [-0.1, -0.05) is 26.2 Å². The standard InChI is InChI=1S/C16H32N4/c1-3-4-5-6-10-18-16(17-2)19-12-14-9-11-20(13-14)15-7-8-15/h14-15H,3-13H2,1-2H3,(H2,17,18,19). The molecule has 2 N–H and O–H groups in total. The zero-order valence-electron chi connectivity index (χ0n) is 13.3. The topological polar surface area (TPSA) is 39.7 Å². The van der Waals surface area contributed by atoms with Crippen LogP contribution in [0.1, 0.15) is 51.9 Å². The van der Waals surface area contributed by atoms with Crippen molar-refractivity contribution < 1.29 is 0 Å². The van der Waals surface area contributed by atoms with Crippen molar-refractivity contribution in [2.45, 2.75) is 57.9 Å². The molecular formula is C16H32N4. The number of nitrogens with zero attached hydrogens (tertiary/aromatic N) is 2. The van der Waals surface area contributed by atoms with Crippen molar-refractivity contribution in [3.05, 3.63) is 0 Å². The molecule has 2 fully saturated rings. The van der Waals surface area contributed by atoms with Gasteiger partial charge in [0, 0.05) is 32.7 Å². The van der Waals surface area contributed by atoms with E-state index in [9.17, 15) is 0 Å². The third-order valence-electron chi connectivity index (χ3n) is 4.49. The number of likely N-dealkylation sites (tertiary alicyclic amines) is 1. The van der Waals surface area contributed by atoms with Crippen molar-refractivity contribution in [3.8, 4) is 0 Å². The molecule has 1 saturated heterocycles. The van der Waals surface area contributed by atoms with Crippen LogP contribution in [-0.2, 0) is 0 Å². The van der Waals surface area contributed by atoms with E-state index < -0.39 is 0 Å². The predicted molar refractivity (Wildman–Crippen MR) is 86.2 cm³/mol. The smallest absolute Gasteiger partial charge is 0.190 e. The molecule has 116 valence electrons. The van der Waals surface area contributed by atoms with Crippen molar-refractivity contribution in [1.29, 1.82) is 0 Å². The van der Waals surface area contributed by atoms with Crippen molar-refractivity contribution >= 4 is 5.96 Å². The molecule has 1 aliphatic heterocycles. The minimum Gasteiger partial charge on any atom is -0.356 e. The Morgan fingerprint density at radius 3 is 2.70 bits per heavy atom. The first-order valence-corrected chi connectivity index (χ1v) is 8.52. The zero-order valence-corrected chi connectivity index (χ0v) is 13.3. The maximum absolute atomic E-state index is 4.31. The maximum Gasteiger partial charge on any atom is 0.190 e. The van der Waals surface area contributed by atoms with Crippen molar-refractivity contribution in [1.82, 2.24) is 15.5 Å². The third kappa shape index (κ3) is 5.31. The highest BCUT2D eigenvalue weighted by Crippen LogP contribution is 2.31. The number of hydrogen-bond acceptors (Lipinski definition) is 2. The molecule has 20 heavy (non-hydrogen) atoms. The Labute approximate surface area is 124 Å². The van der Waals surface area contributed by atoms with E-state index in [1.165, 1.54) is 58.0 Å². The maximum atomic E-state index is 4.31. The first-order valence-electron chi connectivity index (χ1n) is 8.52. The van der Waals surface area contributed by atoms with E-state index in [2.05, 4.69) is 27.4 Å². The fourth-order valence-electron chi connectivity index (χ4n) is 3.02. The number of aliphatic imine (C=N–C) groups is 1. The van der Waals surface area contributed by atoms with Gasteiger partial charge in [0.05, 0.1) is 0 Å². The van der Waals surface area contributed by atoms with Crippen LogP contribution in [0.15, 0.2) is 4.99 Å². The number of rotatable bonds is 8. The summed E-state index contributed by atoms with van der Waals surface area (Å²) in [5, 5.41) is 6.92. The molecule has 0 aromatic heterocycles. The van der Waals surface area contributed by atoms with Crippen LogP contribution in [-0.4, -0.2) is 50.1 Å². The second-order valence-corrected chi connectivity index (χ2v) is 6.32. The minimum absolute atomic E-state index is 0.800. The van der Waals surface area contributed by atoms with Crippen LogP contribution in [0, 0.1) is 5.92 Å². The Kier molecular flexibility index (Phi) is 6.64. The molecule has 0 aromatic rings. The van der Waals surface area contributed by atoms with Crippen molar-refractivity contribution in [2.75, 3.05) is 33.2 Å². The van der Waals surface area contributed by atoms with Crippen LogP contribution >= 0.6 is 0 Å². The molecule has 1 atom stereocenters. The highest BCUT2D eigenvalue weighted by atomic mass is 15.2. The van der Waals surface area contributed by atoms with Gasteiger partial charge in [-0.25, -0.2) is 0 Å². The molecule has 2 rings (SSSR count). The fourth-order valence-corrected chi connectivity index (χ4v) is 3.02. The Morgan fingerprint density at radius 2 is 2.00 bits per heavy atom. The Balaban J connectivity index is 1.54. The van der Waals surface area contributed by atoms with E-state index in [0.29, 0.717) is 0 Å². The first-order chi connectivity index (χ1) is 9.83. The van der Waals surface area contributed by atoms with E-state index in [0.717, 1.165) is 31.0 Å². The molecule has 0 radical (unpaired) electrons. The van der Waals surface area contributed by atoms with E-state index in [-0.39, 0.29) is 0 Å². The fraction of sp³-hybridized carbons (Fsp3) is 0.938. The molecule has 0 aromatic carbocycles. The number of hydrogen-bond donors (Lipinski definition) is 2. The van der Waals surface area contributed by atoms with Gasteiger partial charge < -0.3 is 15.5 Å². The number of unbranched alkanes of at least 4 members (excludes halogenated alkanes) is 3. The van der Waals surface area contributed by atoms with Crippen LogP contribution < -0.4 is 10.6 Å². The van der Waals surface area contributed by atoms with Gasteiger partial charge >= 0.3 is 0 Å². The summed E-state index contributed by atoms with van der Waals surface area (Å²) in [5.74, 6) is 1.78. The summed E-state index contributed by atoms with van der Waals surface area (Å²) in [6.45, 7) is 6.95. The number of guanidine groups is 1. The lowest BCUT2D eigenvalue weighted by Gasteiger charge is -2.17. The molecule has 0 bridgehead atoms. The molecule has 0 amide bonds. The minimum atomic E-state index is 0.800. The summed E-state index contributed by atoms with van der Waals surface area (Å²) in [7, 11) is 1.87. The average Bonchev–Trinajstić information content (AvgIpc) is 3.21. The molecular weight excluding hydrogens is 248 g/mol. The van der Waals surface area contributed by atoms with Gasteiger partial charge in [0.1, 0.15) is 0 Å². The lowest BCUT2D eigenvalue weighted by atomic mass is 10.1. The average molecular weight is 280 g/mol. The van der Waals surface area contributed by atoms with Crippen LogP contribution in [0.3, 0.4) is 0 Å². The van der Waals surface area contributed by atoms with Gasteiger partial charge in [0.25, 0.3) is 0 Å². The lowest BCUT2D eigenvalue weighted by molar-refractivity contribution is 0.314. The van der Waals surface area contributed by atoms with Gasteiger partial charge in [-0.15, -0.1) is 0 Å². The summed E-state index contributed by atoms with van der Waals surface area (Å²) < 4.78 is 0. The van der Waals surface area contributed by atoms with Crippen molar-refractivity contribution in [2.24, 2.45) is 10.9 Å². The second-order valence-electron chi connectivity index (χ2n) is 6.32. The first kappa shape index (κ1) is 15.6. The van der Waals surface area contributed by atoms with Gasteiger partial charge in [-0.05, 0) is 38.1 Å². The SMILES string of the molecule is CCCCCCNC(=NC)NCC1CCN(C2CC2)C1. The molecule has 2 aliphatic rings. The molecule has 1 heterocycles. The van der Waals surface area contributed by atoms with Gasteiger partial charge in [-0.3, -0.25) is 4.99 Å². The summed E-state index contributed by atoms with van der Waals surface area (Å²) >= 11 is 0. The van der Waals surface area contributed by atoms with E-state index >= 15 is 0 Å². The van der Waals surface area contributed by atoms with Crippen molar-refractivity contribution in [3.63, 3.8) is 0 Å². The molecule has 4 heteroatoms. The van der Waals surface area contributed by atoms with Crippen LogP contribution in [0.2, 0.25) is 0 Å². The summed E-state index contributed by atoms with van der Waals surface area (Å²) in [6.07, 6.45) is 9.41. The van der Waals surface area contributed by atoms with Gasteiger partial charge in [-0.2, -0.15) is 0 Å². The van der Waals surface area contributed by atoms with E-state index in [1.54, 1.807) is 0 Å². The van der Waals surface area contributed by atoms with Gasteiger partial charge in [0.2, 0.25) is 0 Å². The van der Waals surface area contributed by atoms with E-state index in [1.807, 2.05) is 7.05 Å². The molecule has 1 aliphatic carbocycles. The Hall–Kier alpha value is -0.770. The Morgan fingerprint density at radius 1 is 1.15 bits per heavy atom. The van der Waals surface area contributed by atoms with Crippen LogP contribution in [0.5, 0.6) is 0 Å². The quantitative estimate of drug-likeness (QED) is 0.407. The predicted octanol–water partition coefficient (Wildman–Crippen LogP) is 2.22. The normalized spacial score (nSPS) is 24.1. The second kappa shape index (κ2) is 8.50.